The van der Waals surface area contributed by atoms with Gasteiger partial charge in [0, 0.05) is 37.1 Å². The van der Waals surface area contributed by atoms with Crippen LogP contribution in [-0.4, -0.2) is 53.1 Å². The Hall–Kier alpha value is -2.76. The Labute approximate surface area is 207 Å². The molecule has 1 saturated carbocycles. The number of fused-ring (bicyclic) bond motifs is 1. The van der Waals surface area contributed by atoms with Crippen LogP contribution in [-0.2, 0) is 14.8 Å². The fraction of sp³-hybridized carbons (Fsp3) is 0.519. The predicted molar refractivity (Wildman–Crippen MR) is 137 cm³/mol. The molecule has 3 heterocycles. The summed E-state index contributed by atoms with van der Waals surface area (Å²) in [7, 11) is -3.25. The first-order chi connectivity index (χ1) is 17.1. The minimum absolute atomic E-state index is 0.0627. The summed E-state index contributed by atoms with van der Waals surface area (Å²) in [6, 6.07) is 17.5. The lowest BCUT2D eigenvalue weighted by molar-refractivity contribution is 0.122. The van der Waals surface area contributed by atoms with Crippen molar-refractivity contribution in [1.29, 1.82) is 5.26 Å². The van der Waals surface area contributed by atoms with E-state index in [0.29, 0.717) is 12.6 Å². The molecule has 1 aliphatic carbocycles. The first kappa shape index (κ1) is 22.7. The molecule has 3 fully saturated rings. The van der Waals surface area contributed by atoms with Gasteiger partial charge in [-0.1, -0.05) is 18.2 Å². The maximum Gasteiger partial charge on any atom is 0.235 e. The SMILES string of the molecule is N#CC1c2ccc(N3CCOCC3)cc2N(C2CCC2)C1c1ccc(N2CCCCS2(=O)=O)cc1. The summed E-state index contributed by atoms with van der Waals surface area (Å²) in [5, 5.41) is 10.3. The highest BCUT2D eigenvalue weighted by Crippen LogP contribution is 2.53. The molecule has 2 aromatic carbocycles. The maximum absolute atomic E-state index is 12.6. The molecule has 4 aliphatic rings. The Morgan fingerprint density at radius 2 is 1.66 bits per heavy atom. The van der Waals surface area contributed by atoms with Crippen molar-refractivity contribution in [1.82, 2.24) is 0 Å². The third kappa shape index (κ3) is 3.95. The van der Waals surface area contributed by atoms with Gasteiger partial charge in [0.25, 0.3) is 0 Å². The number of nitriles is 1. The van der Waals surface area contributed by atoms with Crippen LogP contribution in [0.2, 0.25) is 0 Å². The van der Waals surface area contributed by atoms with E-state index in [1.165, 1.54) is 17.8 Å². The second-order valence-corrected chi connectivity index (χ2v) is 12.1. The van der Waals surface area contributed by atoms with Crippen molar-refractivity contribution in [2.45, 2.75) is 50.1 Å². The number of nitrogens with zero attached hydrogens (tertiary/aromatic N) is 4. The van der Waals surface area contributed by atoms with E-state index < -0.39 is 10.0 Å². The van der Waals surface area contributed by atoms with Crippen LogP contribution in [0.15, 0.2) is 42.5 Å². The van der Waals surface area contributed by atoms with Gasteiger partial charge in [-0.3, -0.25) is 4.31 Å². The molecule has 0 N–H and O–H groups in total. The second-order valence-electron chi connectivity index (χ2n) is 10.1. The molecule has 2 unspecified atom stereocenters. The Balaban J connectivity index is 1.36. The minimum Gasteiger partial charge on any atom is -0.378 e. The summed E-state index contributed by atoms with van der Waals surface area (Å²) >= 11 is 0. The zero-order valence-corrected chi connectivity index (χ0v) is 20.8. The molecule has 6 rings (SSSR count). The number of sulfonamides is 1. The van der Waals surface area contributed by atoms with Crippen molar-refractivity contribution in [3.05, 3.63) is 53.6 Å². The zero-order chi connectivity index (χ0) is 24.0. The number of hydrogen-bond donors (Lipinski definition) is 0. The van der Waals surface area contributed by atoms with Crippen molar-refractivity contribution in [2.24, 2.45) is 0 Å². The average molecular weight is 493 g/mol. The maximum atomic E-state index is 12.6. The number of ether oxygens (including phenoxy) is 1. The quantitative estimate of drug-likeness (QED) is 0.638. The van der Waals surface area contributed by atoms with Gasteiger partial charge in [0.1, 0.15) is 0 Å². The highest BCUT2D eigenvalue weighted by molar-refractivity contribution is 7.92. The normalized spacial score (nSPS) is 26.2. The van der Waals surface area contributed by atoms with Crippen molar-refractivity contribution in [3.63, 3.8) is 0 Å². The third-order valence-corrected chi connectivity index (χ3v) is 9.97. The highest BCUT2D eigenvalue weighted by atomic mass is 32.2. The molecule has 0 bridgehead atoms. The lowest BCUT2D eigenvalue weighted by Gasteiger charge is -2.42. The summed E-state index contributed by atoms with van der Waals surface area (Å²) in [5.41, 5.74) is 5.27. The third-order valence-electron chi connectivity index (χ3n) is 8.10. The molecular weight excluding hydrogens is 460 g/mol. The molecule has 2 aromatic rings. The molecule has 8 heteroatoms. The summed E-state index contributed by atoms with van der Waals surface area (Å²) < 4.78 is 32.3. The molecule has 2 saturated heterocycles. The fourth-order valence-electron chi connectivity index (χ4n) is 6.02. The lowest BCUT2D eigenvalue weighted by Crippen LogP contribution is -2.41. The Morgan fingerprint density at radius 3 is 2.31 bits per heavy atom. The van der Waals surface area contributed by atoms with Gasteiger partial charge in [-0.2, -0.15) is 5.26 Å². The van der Waals surface area contributed by atoms with Crippen LogP contribution in [0.4, 0.5) is 17.1 Å². The van der Waals surface area contributed by atoms with Gasteiger partial charge in [0.2, 0.25) is 10.0 Å². The Bertz CT molecular complexity index is 1230. The van der Waals surface area contributed by atoms with Crippen LogP contribution >= 0.6 is 0 Å². The van der Waals surface area contributed by atoms with Crippen molar-refractivity contribution in [2.75, 3.05) is 52.7 Å². The molecule has 35 heavy (non-hydrogen) atoms. The van der Waals surface area contributed by atoms with Gasteiger partial charge >= 0.3 is 0 Å². The minimum atomic E-state index is -3.25. The smallest absolute Gasteiger partial charge is 0.235 e. The Kier molecular flexibility index (Phi) is 5.85. The summed E-state index contributed by atoms with van der Waals surface area (Å²) in [6.45, 7) is 3.79. The van der Waals surface area contributed by atoms with Crippen LogP contribution < -0.4 is 14.1 Å². The number of rotatable bonds is 4. The number of anilines is 3. The Morgan fingerprint density at radius 1 is 0.914 bits per heavy atom. The number of morpholine rings is 1. The van der Waals surface area contributed by atoms with Crippen molar-refractivity contribution < 1.29 is 13.2 Å². The van der Waals surface area contributed by atoms with E-state index >= 15 is 0 Å². The van der Waals surface area contributed by atoms with Gasteiger partial charge < -0.3 is 14.5 Å². The average Bonchev–Trinajstić information content (AvgIpc) is 3.16. The first-order valence-electron chi connectivity index (χ1n) is 12.8. The molecule has 2 atom stereocenters. The summed E-state index contributed by atoms with van der Waals surface area (Å²) in [5.74, 6) is -0.0432. The van der Waals surface area contributed by atoms with Gasteiger partial charge in [0.15, 0.2) is 0 Å². The van der Waals surface area contributed by atoms with Gasteiger partial charge in [0.05, 0.1) is 42.7 Å². The molecular formula is C27H32N4O3S. The number of hydrogen-bond acceptors (Lipinski definition) is 6. The van der Waals surface area contributed by atoms with Crippen LogP contribution in [0.5, 0.6) is 0 Å². The van der Waals surface area contributed by atoms with E-state index in [2.05, 4.69) is 34.1 Å². The van der Waals surface area contributed by atoms with E-state index in [-0.39, 0.29) is 17.7 Å². The van der Waals surface area contributed by atoms with Crippen molar-refractivity contribution >= 4 is 27.1 Å². The molecule has 3 aliphatic heterocycles. The molecule has 0 amide bonds. The summed E-state index contributed by atoms with van der Waals surface area (Å²) in [6.07, 6.45) is 5.11. The van der Waals surface area contributed by atoms with Crippen LogP contribution in [0.1, 0.15) is 55.2 Å². The highest BCUT2D eigenvalue weighted by Gasteiger charge is 2.44. The van der Waals surface area contributed by atoms with E-state index in [1.807, 2.05) is 24.3 Å². The lowest BCUT2D eigenvalue weighted by atomic mass is 9.87. The van der Waals surface area contributed by atoms with E-state index in [1.54, 1.807) is 4.31 Å². The van der Waals surface area contributed by atoms with Gasteiger partial charge in [-0.25, -0.2) is 8.42 Å². The largest absolute Gasteiger partial charge is 0.378 e. The fourth-order valence-corrected chi connectivity index (χ4v) is 7.66. The van der Waals surface area contributed by atoms with Crippen molar-refractivity contribution in [3.8, 4) is 6.07 Å². The predicted octanol–water partition coefficient (Wildman–Crippen LogP) is 4.17. The molecule has 0 radical (unpaired) electrons. The first-order valence-corrected chi connectivity index (χ1v) is 14.4. The van der Waals surface area contributed by atoms with Crippen LogP contribution in [0, 0.1) is 11.3 Å². The molecule has 0 spiro atoms. The molecule has 184 valence electrons. The number of benzene rings is 2. The monoisotopic (exact) mass is 492 g/mol. The summed E-state index contributed by atoms with van der Waals surface area (Å²) in [4.78, 5) is 4.86. The topological polar surface area (TPSA) is 76.9 Å². The standard InChI is InChI=1S/C27H32N4O3S/c28-19-25-24-11-10-23(29-13-15-34-16-14-29)18-26(24)31(22-4-3-5-22)27(25)20-6-8-21(9-7-20)30-12-1-2-17-35(30,32)33/h6-11,18,22,25,27H,1-5,12-17H2. The van der Waals surface area contributed by atoms with Crippen LogP contribution in [0.25, 0.3) is 0 Å². The van der Waals surface area contributed by atoms with E-state index in [9.17, 15) is 13.7 Å². The molecule has 7 nitrogen and oxygen atoms in total. The van der Waals surface area contributed by atoms with E-state index in [0.717, 1.165) is 68.8 Å². The van der Waals surface area contributed by atoms with Gasteiger partial charge in [-0.15, -0.1) is 0 Å². The van der Waals surface area contributed by atoms with Crippen LogP contribution in [0.3, 0.4) is 0 Å². The second kappa shape index (κ2) is 9.03. The molecule has 0 aromatic heterocycles. The van der Waals surface area contributed by atoms with E-state index in [4.69, 9.17) is 4.74 Å². The zero-order valence-electron chi connectivity index (χ0n) is 20.0. The van der Waals surface area contributed by atoms with Gasteiger partial charge in [-0.05, 0) is 67.5 Å².